The Morgan fingerprint density at radius 3 is 2.88 bits per heavy atom. The molecule has 5 heteroatoms. The minimum atomic E-state index is -0.262. The lowest BCUT2D eigenvalue weighted by atomic mass is 9.85. The maximum absolute atomic E-state index is 11.1. The highest BCUT2D eigenvalue weighted by Crippen LogP contribution is 2.36. The van der Waals surface area contributed by atoms with Gasteiger partial charge in [0.15, 0.2) is 0 Å². The van der Waals surface area contributed by atoms with E-state index in [1.807, 2.05) is 30.3 Å². The molecule has 0 fully saturated rings. The zero-order valence-corrected chi connectivity index (χ0v) is 15.0. The third-order valence-corrected chi connectivity index (χ3v) is 4.94. The summed E-state index contributed by atoms with van der Waals surface area (Å²) in [7, 11) is 1.67. The summed E-state index contributed by atoms with van der Waals surface area (Å²) in [5, 5.41) is 0. The molecule has 3 rings (SSSR count). The van der Waals surface area contributed by atoms with Gasteiger partial charge >= 0.3 is 0 Å². The van der Waals surface area contributed by atoms with E-state index in [0.717, 1.165) is 43.7 Å². The summed E-state index contributed by atoms with van der Waals surface area (Å²) in [4.78, 5) is 24.5. The number of aldehydes is 1. The first-order valence-corrected chi connectivity index (χ1v) is 8.86. The summed E-state index contributed by atoms with van der Waals surface area (Å²) >= 11 is 0. The number of hydrogen-bond acceptors (Lipinski definition) is 4. The van der Waals surface area contributed by atoms with E-state index >= 15 is 0 Å². The molecule has 1 aliphatic rings. The second-order valence-electron chi connectivity index (χ2n) is 6.71. The Balaban J connectivity index is 1.88. The van der Waals surface area contributed by atoms with Gasteiger partial charge in [-0.05, 0) is 48.2 Å². The minimum Gasteiger partial charge on any atom is -0.497 e. The van der Waals surface area contributed by atoms with Gasteiger partial charge in [0.05, 0.1) is 7.11 Å². The third-order valence-electron chi connectivity index (χ3n) is 4.94. The highest BCUT2D eigenvalue weighted by molar-refractivity contribution is 5.77. The van der Waals surface area contributed by atoms with E-state index in [-0.39, 0.29) is 11.8 Å². The maximum Gasteiger partial charge on any atom is 0.217 e. The first-order valence-electron chi connectivity index (χ1n) is 8.86. The molecule has 136 valence electrons. The SMILES string of the molecule is COc1ccc2c(c1)C(CCCC(N)=O)CN(c1cccc(C=O)c1)C2. The summed E-state index contributed by atoms with van der Waals surface area (Å²) in [5.74, 6) is 0.871. The molecule has 2 aromatic carbocycles. The molecule has 1 unspecified atom stereocenters. The molecule has 1 aliphatic heterocycles. The highest BCUT2D eigenvalue weighted by Gasteiger charge is 2.26. The molecule has 0 saturated heterocycles. The highest BCUT2D eigenvalue weighted by atomic mass is 16.5. The topological polar surface area (TPSA) is 72.6 Å². The molecule has 1 atom stereocenters. The van der Waals surface area contributed by atoms with Gasteiger partial charge in [0, 0.05) is 36.7 Å². The van der Waals surface area contributed by atoms with E-state index in [2.05, 4.69) is 17.0 Å². The number of rotatable bonds is 7. The Bertz CT molecular complexity index is 804. The predicted molar refractivity (Wildman–Crippen MR) is 102 cm³/mol. The van der Waals surface area contributed by atoms with Crippen molar-refractivity contribution in [3.63, 3.8) is 0 Å². The number of hydrogen-bond donors (Lipinski definition) is 1. The van der Waals surface area contributed by atoms with Crippen LogP contribution in [0.4, 0.5) is 5.69 Å². The van der Waals surface area contributed by atoms with E-state index in [0.29, 0.717) is 12.0 Å². The number of nitrogens with zero attached hydrogens (tertiary/aromatic N) is 1. The number of primary amides is 1. The van der Waals surface area contributed by atoms with Crippen molar-refractivity contribution in [1.82, 2.24) is 0 Å². The van der Waals surface area contributed by atoms with Crippen LogP contribution in [-0.4, -0.2) is 25.8 Å². The van der Waals surface area contributed by atoms with Crippen molar-refractivity contribution in [3.05, 3.63) is 59.2 Å². The Morgan fingerprint density at radius 1 is 1.31 bits per heavy atom. The van der Waals surface area contributed by atoms with Gasteiger partial charge in [0.25, 0.3) is 0 Å². The van der Waals surface area contributed by atoms with E-state index < -0.39 is 0 Å². The quantitative estimate of drug-likeness (QED) is 0.776. The largest absolute Gasteiger partial charge is 0.497 e. The molecule has 0 saturated carbocycles. The predicted octanol–water partition coefficient (Wildman–Crippen LogP) is 3.27. The summed E-state index contributed by atoms with van der Waals surface area (Å²) in [6.45, 7) is 1.62. The van der Waals surface area contributed by atoms with Crippen LogP contribution in [0.15, 0.2) is 42.5 Å². The second kappa shape index (κ2) is 8.04. The van der Waals surface area contributed by atoms with Gasteiger partial charge in [0.1, 0.15) is 12.0 Å². The first kappa shape index (κ1) is 18.0. The molecular formula is C21H24N2O3. The number of nitrogens with two attached hydrogens (primary N) is 1. The van der Waals surface area contributed by atoms with E-state index in [9.17, 15) is 9.59 Å². The smallest absolute Gasteiger partial charge is 0.217 e. The average Bonchev–Trinajstić information content (AvgIpc) is 2.67. The Kier molecular flexibility index (Phi) is 5.56. The molecule has 1 heterocycles. The molecule has 5 nitrogen and oxygen atoms in total. The van der Waals surface area contributed by atoms with E-state index in [4.69, 9.17) is 10.5 Å². The van der Waals surface area contributed by atoms with Crippen LogP contribution < -0.4 is 15.4 Å². The van der Waals surface area contributed by atoms with Gasteiger partial charge in [-0.15, -0.1) is 0 Å². The van der Waals surface area contributed by atoms with E-state index in [1.165, 1.54) is 11.1 Å². The first-order chi connectivity index (χ1) is 12.6. The van der Waals surface area contributed by atoms with Gasteiger partial charge < -0.3 is 15.4 Å². The van der Waals surface area contributed by atoms with Crippen molar-refractivity contribution in [2.24, 2.45) is 5.73 Å². The van der Waals surface area contributed by atoms with Gasteiger partial charge in [-0.3, -0.25) is 9.59 Å². The maximum atomic E-state index is 11.1. The third kappa shape index (κ3) is 4.04. The monoisotopic (exact) mass is 352 g/mol. The number of anilines is 1. The summed E-state index contributed by atoms with van der Waals surface area (Å²) in [5.41, 5.74) is 9.53. The standard InChI is InChI=1S/C21H24N2O3/c1-26-19-9-8-17-13-23(18-6-2-4-15(10-18)14-24)12-16(20(17)11-19)5-3-7-21(22)25/h2,4,6,8-11,14,16H,3,5,7,12-13H2,1H3,(H2,22,25). The Labute approximate surface area is 153 Å². The molecular weight excluding hydrogens is 328 g/mol. The van der Waals surface area contributed by atoms with Crippen LogP contribution in [0, 0.1) is 0 Å². The summed E-state index contributed by atoms with van der Waals surface area (Å²) in [6, 6.07) is 13.8. The van der Waals surface area contributed by atoms with Crippen molar-refractivity contribution in [2.75, 3.05) is 18.6 Å². The van der Waals surface area contributed by atoms with Crippen molar-refractivity contribution >= 4 is 17.9 Å². The molecule has 2 aromatic rings. The number of ether oxygens (including phenoxy) is 1. The van der Waals surface area contributed by atoms with Crippen molar-refractivity contribution in [2.45, 2.75) is 31.7 Å². The van der Waals surface area contributed by atoms with Gasteiger partial charge in [0.2, 0.25) is 5.91 Å². The minimum absolute atomic E-state index is 0.262. The van der Waals surface area contributed by atoms with Crippen LogP contribution in [0.5, 0.6) is 5.75 Å². The lowest BCUT2D eigenvalue weighted by Crippen LogP contribution is -2.33. The molecule has 0 bridgehead atoms. The van der Waals surface area contributed by atoms with Crippen LogP contribution in [0.3, 0.4) is 0 Å². The zero-order valence-electron chi connectivity index (χ0n) is 15.0. The van der Waals surface area contributed by atoms with Crippen molar-refractivity contribution in [3.8, 4) is 5.75 Å². The van der Waals surface area contributed by atoms with Crippen LogP contribution in [0.25, 0.3) is 0 Å². The Hall–Kier alpha value is -2.82. The lowest BCUT2D eigenvalue weighted by Gasteiger charge is -2.36. The van der Waals surface area contributed by atoms with E-state index in [1.54, 1.807) is 7.11 Å². The lowest BCUT2D eigenvalue weighted by molar-refractivity contribution is -0.118. The summed E-state index contributed by atoms with van der Waals surface area (Å²) < 4.78 is 5.39. The zero-order chi connectivity index (χ0) is 18.5. The molecule has 0 aliphatic carbocycles. The van der Waals surface area contributed by atoms with Gasteiger partial charge in [-0.1, -0.05) is 18.2 Å². The van der Waals surface area contributed by atoms with Crippen molar-refractivity contribution < 1.29 is 14.3 Å². The van der Waals surface area contributed by atoms with Crippen LogP contribution in [0.1, 0.15) is 46.7 Å². The fourth-order valence-electron chi connectivity index (χ4n) is 3.62. The van der Waals surface area contributed by atoms with Gasteiger partial charge in [-0.2, -0.15) is 0 Å². The molecule has 0 spiro atoms. The number of amides is 1. The fourth-order valence-corrected chi connectivity index (χ4v) is 3.62. The molecule has 26 heavy (non-hydrogen) atoms. The second-order valence-corrected chi connectivity index (χ2v) is 6.71. The number of benzene rings is 2. The van der Waals surface area contributed by atoms with Crippen LogP contribution in [0.2, 0.25) is 0 Å². The average molecular weight is 352 g/mol. The molecule has 0 aromatic heterocycles. The fraction of sp³-hybridized carbons (Fsp3) is 0.333. The van der Waals surface area contributed by atoms with Crippen LogP contribution in [-0.2, 0) is 11.3 Å². The molecule has 0 radical (unpaired) electrons. The normalized spacial score (nSPS) is 16.0. The van der Waals surface area contributed by atoms with Crippen LogP contribution >= 0.6 is 0 Å². The number of methoxy groups -OCH3 is 1. The van der Waals surface area contributed by atoms with Gasteiger partial charge in [-0.25, -0.2) is 0 Å². The number of carbonyl (C=O) groups excluding carboxylic acids is 2. The summed E-state index contributed by atoms with van der Waals surface area (Å²) in [6.07, 6.45) is 2.92. The number of fused-ring (bicyclic) bond motifs is 1. The molecule has 2 N–H and O–H groups in total. The number of carbonyl (C=O) groups is 2. The molecule has 1 amide bonds. The Morgan fingerprint density at radius 2 is 2.15 bits per heavy atom. The van der Waals surface area contributed by atoms with Crippen molar-refractivity contribution in [1.29, 1.82) is 0 Å².